The summed E-state index contributed by atoms with van der Waals surface area (Å²) in [7, 11) is 0. The van der Waals surface area contributed by atoms with E-state index in [2.05, 4.69) is 26.0 Å². The fraction of sp³-hybridized carbons (Fsp3) is 0.562. The summed E-state index contributed by atoms with van der Waals surface area (Å²) in [4.78, 5) is 12.0. The number of esters is 1. The standard InChI is InChI=1S/C16H24O2/c1-11(2)13-7-9-14(10-8-13)12(3)15(17)18-16(4,5)6/h7-12H,1-6H3. The molecule has 2 heteroatoms. The normalized spacial score (nSPS) is 13.5. The van der Waals surface area contributed by atoms with Crippen LogP contribution in [0.15, 0.2) is 24.3 Å². The monoisotopic (exact) mass is 248 g/mol. The van der Waals surface area contributed by atoms with Crippen molar-refractivity contribution in [1.29, 1.82) is 0 Å². The molecule has 2 nitrogen and oxygen atoms in total. The SMILES string of the molecule is CC(C)c1ccc(C(C)C(=O)OC(C)(C)C)cc1. The van der Waals surface area contributed by atoms with Gasteiger partial charge in [-0.05, 0) is 44.7 Å². The van der Waals surface area contributed by atoms with Gasteiger partial charge in [-0.15, -0.1) is 0 Å². The Kier molecular flexibility index (Phi) is 4.55. The molecule has 1 aromatic carbocycles. The maximum absolute atomic E-state index is 12.0. The Morgan fingerprint density at radius 1 is 1.00 bits per heavy atom. The number of carbonyl (C=O) groups excluding carboxylic acids is 1. The van der Waals surface area contributed by atoms with E-state index in [1.165, 1.54) is 5.56 Å². The molecule has 1 atom stereocenters. The van der Waals surface area contributed by atoms with Crippen LogP contribution in [0.1, 0.15) is 64.5 Å². The smallest absolute Gasteiger partial charge is 0.313 e. The second kappa shape index (κ2) is 5.55. The molecule has 1 unspecified atom stereocenters. The van der Waals surface area contributed by atoms with E-state index in [1.54, 1.807) is 0 Å². The molecule has 0 heterocycles. The summed E-state index contributed by atoms with van der Waals surface area (Å²) in [6.07, 6.45) is 0. The van der Waals surface area contributed by atoms with E-state index in [4.69, 9.17) is 4.74 Å². The maximum Gasteiger partial charge on any atom is 0.313 e. The van der Waals surface area contributed by atoms with Crippen LogP contribution in [0.5, 0.6) is 0 Å². The molecule has 0 saturated carbocycles. The fourth-order valence-electron chi connectivity index (χ4n) is 1.70. The minimum atomic E-state index is -0.427. The van der Waals surface area contributed by atoms with E-state index in [1.807, 2.05) is 39.8 Å². The topological polar surface area (TPSA) is 26.3 Å². The van der Waals surface area contributed by atoms with Crippen LogP contribution < -0.4 is 0 Å². The summed E-state index contributed by atoms with van der Waals surface area (Å²) in [5.74, 6) is 0.126. The largest absolute Gasteiger partial charge is 0.460 e. The van der Waals surface area contributed by atoms with E-state index in [9.17, 15) is 4.79 Å². The molecule has 1 aromatic rings. The molecule has 100 valence electrons. The van der Waals surface area contributed by atoms with Gasteiger partial charge in [-0.3, -0.25) is 4.79 Å². The van der Waals surface area contributed by atoms with Crippen molar-refractivity contribution in [1.82, 2.24) is 0 Å². The first-order valence-corrected chi connectivity index (χ1v) is 6.53. The highest BCUT2D eigenvalue weighted by Gasteiger charge is 2.22. The van der Waals surface area contributed by atoms with Crippen LogP contribution in [0.3, 0.4) is 0 Å². The van der Waals surface area contributed by atoms with Gasteiger partial charge < -0.3 is 4.74 Å². The van der Waals surface area contributed by atoms with Crippen LogP contribution in [0.4, 0.5) is 0 Å². The van der Waals surface area contributed by atoms with Crippen molar-refractivity contribution >= 4 is 5.97 Å². The van der Waals surface area contributed by atoms with Crippen molar-refractivity contribution in [3.05, 3.63) is 35.4 Å². The van der Waals surface area contributed by atoms with Gasteiger partial charge in [-0.25, -0.2) is 0 Å². The Labute approximate surface area is 110 Å². The zero-order valence-corrected chi connectivity index (χ0v) is 12.3. The molecule has 0 aliphatic heterocycles. The molecular formula is C16H24O2. The fourth-order valence-corrected chi connectivity index (χ4v) is 1.70. The van der Waals surface area contributed by atoms with Gasteiger partial charge in [-0.1, -0.05) is 38.1 Å². The Balaban J connectivity index is 2.78. The Bertz CT molecular complexity index is 396. The van der Waals surface area contributed by atoms with Crippen LogP contribution in [-0.2, 0) is 9.53 Å². The molecule has 0 spiro atoms. The van der Waals surface area contributed by atoms with E-state index in [0.717, 1.165) is 5.56 Å². The van der Waals surface area contributed by atoms with Crippen molar-refractivity contribution < 1.29 is 9.53 Å². The molecule has 0 bridgehead atoms. The average Bonchev–Trinajstić information content (AvgIpc) is 2.26. The van der Waals surface area contributed by atoms with Gasteiger partial charge in [0, 0.05) is 0 Å². The van der Waals surface area contributed by atoms with E-state index in [0.29, 0.717) is 5.92 Å². The third kappa shape index (κ3) is 4.17. The summed E-state index contributed by atoms with van der Waals surface area (Å²) in [5.41, 5.74) is 1.87. The molecule has 0 aliphatic carbocycles. The van der Waals surface area contributed by atoms with Crippen LogP contribution in [0.2, 0.25) is 0 Å². The lowest BCUT2D eigenvalue weighted by Crippen LogP contribution is -2.26. The number of hydrogen-bond acceptors (Lipinski definition) is 2. The zero-order chi connectivity index (χ0) is 13.9. The molecule has 0 amide bonds. The molecule has 0 fully saturated rings. The van der Waals surface area contributed by atoms with Crippen molar-refractivity contribution in [3.8, 4) is 0 Å². The lowest BCUT2D eigenvalue weighted by molar-refractivity contribution is -0.156. The lowest BCUT2D eigenvalue weighted by atomic mass is 9.96. The molecule has 0 saturated heterocycles. The van der Waals surface area contributed by atoms with E-state index >= 15 is 0 Å². The number of ether oxygens (including phenoxy) is 1. The van der Waals surface area contributed by atoms with Gasteiger partial charge in [0.25, 0.3) is 0 Å². The van der Waals surface area contributed by atoms with E-state index in [-0.39, 0.29) is 11.9 Å². The molecular weight excluding hydrogens is 224 g/mol. The summed E-state index contributed by atoms with van der Waals surface area (Å²) in [5, 5.41) is 0. The summed E-state index contributed by atoms with van der Waals surface area (Å²) in [6.45, 7) is 11.9. The first kappa shape index (κ1) is 14.7. The summed E-state index contributed by atoms with van der Waals surface area (Å²) in [6, 6.07) is 8.20. The minimum absolute atomic E-state index is 0.167. The third-order valence-corrected chi connectivity index (χ3v) is 2.86. The molecule has 1 rings (SSSR count). The molecule has 18 heavy (non-hydrogen) atoms. The maximum atomic E-state index is 12.0. The van der Waals surface area contributed by atoms with Crippen LogP contribution in [-0.4, -0.2) is 11.6 Å². The summed E-state index contributed by atoms with van der Waals surface area (Å²) >= 11 is 0. The molecule has 0 aliphatic rings. The van der Waals surface area contributed by atoms with E-state index < -0.39 is 5.60 Å². The number of carbonyl (C=O) groups is 1. The average molecular weight is 248 g/mol. The highest BCUT2D eigenvalue weighted by atomic mass is 16.6. The molecule has 0 N–H and O–H groups in total. The second-order valence-corrected chi connectivity index (χ2v) is 6.08. The zero-order valence-electron chi connectivity index (χ0n) is 12.3. The van der Waals surface area contributed by atoms with Gasteiger partial charge in [0.15, 0.2) is 0 Å². The van der Waals surface area contributed by atoms with Gasteiger partial charge >= 0.3 is 5.97 Å². The number of benzene rings is 1. The Hall–Kier alpha value is -1.31. The minimum Gasteiger partial charge on any atom is -0.460 e. The van der Waals surface area contributed by atoms with Crippen molar-refractivity contribution in [2.45, 2.75) is 59.0 Å². The van der Waals surface area contributed by atoms with Gasteiger partial charge in [0.2, 0.25) is 0 Å². The lowest BCUT2D eigenvalue weighted by Gasteiger charge is -2.22. The van der Waals surface area contributed by atoms with Crippen molar-refractivity contribution in [2.75, 3.05) is 0 Å². The quantitative estimate of drug-likeness (QED) is 0.747. The predicted octanol–water partition coefficient (Wildman–Crippen LogP) is 4.26. The number of hydrogen-bond donors (Lipinski definition) is 0. The second-order valence-electron chi connectivity index (χ2n) is 6.08. The highest BCUT2D eigenvalue weighted by Crippen LogP contribution is 2.22. The summed E-state index contributed by atoms with van der Waals surface area (Å²) < 4.78 is 5.39. The molecule has 0 aromatic heterocycles. The van der Waals surface area contributed by atoms with Crippen LogP contribution in [0.25, 0.3) is 0 Å². The highest BCUT2D eigenvalue weighted by molar-refractivity contribution is 5.78. The third-order valence-electron chi connectivity index (χ3n) is 2.86. The van der Waals surface area contributed by atoms with Gasteiger partial charge in [0.05, 0.1) is 5.92 Å². The van der Waals surface area contributed by atoms with Gasteiger partial charge in [0.1, 0.15) is 5.60 Å². The van der Waals surface area contributed by atoms with Crippen molar-refractivity contribution in [2.24, 2.45) is 0 Å². The first-order valence-electron chi connectivity index (χ1n) is 6.53. The Morgan fingerprint density at radius 2 is 1.44 bits per heavy atom. The van der Waals surface area contributed by atoms with Crippen LogP contribution in [0, 0.1) is 0 Å². The van der Waals surface area contributed by atoms with Gasteiger partial charge in [-0.2, -0.15) is 0 Å². The van der Waals surface area contributed by atoms with Crippen molar-refractivity contribution in [3.63, 3.8) is 0 Å². The predicted molar refractivity (Wildman–Crippen MR) is 74.8 cm³/mol. The first-order chi connectivity index (χ1) is 8.20. The number of rotatable bonds is 3. The molecule has 0 radical (unpaired) electrons. The van der Waals surface area contributed by atoms with Crippen LogP contribution >= 0.6 is 0 Å². The Morgan fingerprint density at radius 3 is 1.83 bits per heavy atom.